The summed E-state index contributed by atoms with van der Waals surface area (Å²) in [6.07, 6.45) is 0.867. The highest BCUT2D eigenvalue weighted by molar-refractivity contribution is 5.97. The molecule has 1 aromatic rings. The van der Waals surface area contributed by atoms with Crippen LogP contribution in [0.3, 0.4) is 0 Å². The van der Waals surface area contributed by atoms with Crippen LogP contribution in [0, 0.1) is 5.92 Å². The van der Waals surface area contributed by atoms with Crippen molar-refractivity contribution in [2.75, 3.05) is 7.11 Å². The van der Waals surface area contributed by atoms with Crippen LogP contribution in [0.15, 0.2) is 29.4 Å². The van der Waals surface area contributed by atoms with E-state index in [9.17, 15) is 4.79 Å². The predicted molar refractivity (Wildman–Crippen MR) is 73.0 cm³/mol. The lowest BCUT2D eigenvalue weighted by molar-refractivity contribution is 0.0951. The molecule has 0 saturated carbocycles. The first-order chi connectivity index (χ1) is 8.54. The average Bonchev–Trinajstić information content (AvgIpc) is 2.35. The van der Waals surface area contributed by atoms with E-state index in [0.29, 0.717) is 17.2 Å². The van der Waals surface area contributed by atoms with Crippen LogP contribution in [0.25, 0.3) is 0 Å². The first-order valence-corrected chi connectivity index (χ1v) is 6.01. The van der Waals surface area contributed by atoms with Gasteiger partial charge < -0.3 is 4.74 Å². The third-order valence-electron chi connectivity index (χ3n) is 2.40. The zero-order valence-corrected chi connectivity index (χ0v) is 11.4. The number of hydrogen-bond acceptors (Lipinski definition) is 3. The second-order valence-electron chi connectivity index (χ2n) is 4.59. The Bertz CT molecular complexity index is 439. The highest BCUT2D eigenvalue weighted by atomic mass is 16.5. The molecule has 0 aliphatic rings. The molecule has 0 radical (unpaired) electrons. The Kier molecular flexibility index (Phi) is 5.36. The third kappa shape index (κ3) is 4.20. The van der Waals surface area contributed by atoms with Gasteiger partial charge in [0.15, 0.2) is 0 Å². The maximum absolute atomic E-state index is 11.9. The molecule has 1 rings (SSSR count). The SMILES string of the molecule is COc1ccccc1C(=O)NN=C(C)CC(C)C. The number of nitrogens with one attached hydrogen (secondary N) is 1. The topological polar surface area (TPSA) is 50.7 Å². The van der Waals surface area contributed by atoms with Crippen LogP contribution in [-0.2, 0) is 0 Å². The maximum atomic E-state index is 11.9. The number of methoxy groups -OCH3 is 1. The lowest BCUT2D eigenvalue weighted by Gasteiger charge is -2.07. The molecule has 0 saturated heterocycles. The van der Waals surface area contributed by atoms with Gasteiger partial charge in [-0.1, -0.05) is 26.0 Å². The molecule has 0 aromatic heterocycles. The van der Waals surface area contributed by atoms with Gasteiger partial charge in [0, 0.05) is 5.71 Å². The molecule has 4 heteroatoms. The van der Waals surface area contributed by atoms with Gasteiger partial charge in [0.1, 0.15) is 5.75 Å². The molecule has 0 bridgehead atoms. The number of ether oxygens (including phenoxy) is 1. The van der Waals surface area contributed by atoms with Crippen LogP contribution in [0.4, 0.5) is 0 Å². The van der Waals surface area contributed by atoms with Gasteiger partial charge in [0.05, 0.1) is 12.7 Å². The summed E-state index contributed by atoms with van der Waals surface area (Å²) in [6, 6.07) is 7.08. The van der Waals surface area contributed by atoms with Crippen LogP contribution in [-0.4, -0.2) is 18.7 Å². The summed E-state index contributed by atoms with van der Waals surface area (Å²) < 4.78 is 5.13. The fourth-order valence-electron chi connectivity index (χ4n) is 1.68. The van der Waals surface area contributed by atoms with E-state index < -0.39 is 0 Å². The minimum Gasteiger partial charge on any atom is -0.496 e. The Hall–Kier alpha value is -1.84. The van der Waals surface area contributed by atoms with E-state index in [-0.39, 0.29) is 5.91 Å². The normalized spacial score (nSPS) is 11.5. The number of hydrazone groups is 1. The molecule has 0 heterocycles. The molecular formula is C14H20N2O2. The minimum absolute atomic E-state index is 0.254. The molecular weight excluding hydrogens is 228 g/mol. The van der Waals surface area contributed by atoms with Gasteiger partial charge in [-0.2, -0.15) is 5.10 Å². The van der Waals surface area contributed by atoms with E-state index >= 15 is 0 Å². The Morgan fingerprint density at radius 1 is 1.39 bits per heavy atom. The molecule has 0 fully saturated rings. The Morgan fingerprint density at radius 3 is 2.67 bits per heavy atom. The van der Waals surface area contributed by atoms with Crippen molar-refractivity contribution in [3.63, 3.8) is 0 Å². The monoisotopic (exact) mass is 248 g/mol. The fourth-order valence-corrected chi connectivity index (χ4v) is 1.68. The molecule has 0 unspecified atom stereocenters. The van der Waals surface area contributed by atoms with Crippen LogP contribution in [0.2, 0.25) is 0 Å². The van der Waals surface area contributed by atoms with Gasteiger partial charge in [0.2, 0.25) is 0 Å². The van der Waals surface area contributed by atoms with Gasteiger partial charge in [-0.3, -0.25) is 4.79 Å². The number of amides is 1. The zero-order chi connectivity index (χ0) is 13.5. The molecule has 0 spiro atoms. The van der Waals surface area contributed by atoms with Crippen molar-refractivity contribution in [3.8, 4) is 5.75 Å². The van der Waals surface area contributed by atoms with Gasteiger partial charge >= 0.3 is 0 Å². The summed E-state index contributed by atoms with van der Waals surface area (Å²) in [7, 11) is 1.54. The van der Waals surface area contributed by atoms with Crippen molar-refractivity contribution in [3.05, 3.63) is 29.8 Å². The molecule has 0 aliphatic heterocycles. The quantitative estimate of drug-likeness (QED) is 0.643. The van der Waals surface area contributed by atoms with Crippen LogP contribution in [0.1, 0.15) is 37.6 Å². The number of para-hydroxylation sites is 1. The number of nitrogens with zero attached hydrogens (tertiary/aromatic N) is 1. The van der Waals surface area contributed by atoms with E-state index in [1.165, 1.54) is 0 Å². The smallest absolute Gasteiger partial charge is 0.275 e. The summed E-state index contributed by atoms with van der Waals surface area (Å²) in [5.74, 6) is 0.819. The molecule has 18 heavy (non-hydrogen) atoms. The highest BCUT2D eigenvalue weighted by Gasteiger charge is 2.10. The molecule has 0 aliphatic carbocycles. The van der Waals surface area contributed by atoms with Crippen LogP contribution in [0.5, 0.6) is 5.75 Å². The van der Waals surface area contributed by atoms with Crippen LogP contribution >= 0.6 is 0 Å². The Morgan fingerprint density at radius 2 is 2.06 bits per heavy atom. The van der Waals surface area contributed by atoms with Crippen LogP contribution < -0.4 is 10.2 Å². The maximum Gasteiger partial charge on any atom is 0.275 e. The summed E-state index contributed by atoms with van der Waals surface area (Å²) >= 11 is 0. The molecule has 4 nitrogen and oxygen atoms in total. The summed E-state index contributed by atoms with van der Waals surface area (Å²) in [4.78, 5) is 11.9. The fraction of sp³-hybridized carbons (Fsp3) is 0.429. The Balaban J connectivity index is 2.71. The standard InChI is InChI=1S/C14H20N2O2/c1-10(2)9-11(3)15-16-14(17)12-7-5-6-8-13(12)18-4/h5-8,10H,9H2,1-4H3,(H,16,17). The van der Waals surface area contributed by atoms with Gasteiger partial charge in [0.25, 0.3) is 5.91 Å². The molecule has 98 valence electrons. The number of benzene rings is 1. The van der Waals surface area contributed by atoms with Gasteiger partial charge in [-0.05, 0) is 31.4 Å². The van der Waals surface area contributed by atoms with Gasteiger partial charge in [-0.15, -0.1) is 0 Å². The van der Waals surface area contributed by atoms with Crippen molar-refractivity contribution >= 4 is 11.6 Å². The molecule has 1 aromatic carbocycles. The highest BCUT2D eigenvalue weighted by Crippen LogP contribution is 2.16. The summed E-state index contributed by atoms with van der Waals surface area (Å²) in [5, 5.41) is 4.08. The first kappa shape index (κ1) is 14.2. The molecule has 1 amide bonds. The second kappa shape index (κ2) is 6.79. The largest absolute Gasteiger partial charge is 0.496 e. The first-order valence-electron chi connectivity index (χ1n) is 6.01. The molecule has 0 atom stereocenters. The average molecular weight is 248 g/mol. The number of carbonyl (C=O) groups is 1. The second-order valence-corrected chi connectivity index (χ2v) is 4.59. The minimum atomic E-state index is -0.254. The lowest BCUT2D eigenvalue weighted by atomic mass is 10.1. The van der Waals surface area contributed by atoms with Crippen molar-refractivity contribution in [1.29, 1.82) is 0 Å². The third-order valence-corrected chi connectivity index (χ3v) is 2.40. The summed E-state index contributed by atoms with van der Waals surface area (Å²) in [5.41, 5.74) is 3.95. The van der Waals surface area contributed by atoms with E-state index in [4.69, 9.17) is 4.74 Å². The summed E-state index contributed by atoms with van der Waals surface area (Å²) in [6.45, 7) is 6.13. The van der Waals surface area contributed by atoms with E-state index in [2.05, 4.69) is 24.4 Å². The van der Waals surface area contributed by atoms with Gasteiger partial charge in [-0.25, -0.2) is 5.43 Å². The molecule has 1 N–H and O–H groups in total. The Labute approximate surface area is 108 Å². The van der Waals surface area contributed by atoms with Crippen molar-refractivity contribution < 1.29 is 9.53 Å². The zero-order valence-electron chi connectivity index (χ0n) is 11.4. The van der Waals surface area contributed by atoms with Crippen molar-refractivity contribution in [2.45, 2.75) is 27.2 Å². The van der Waals surface area contributed by atoms with E-state index in [1.807, 2.05) is 13.0 Å². The predicted octanol–water partition coefficient (Wildman–Crippen LogP) is 2.85. The lowest BCUT2D eigenvalue weighted by Crippen LogP contribution is -2.20. The van der Waals surface area contributed by atoms with Crippen molar-refractivity contribution in [1.82, 2.24) is 5.43 Å². The number of hydrogen-bond donors (Lipinski definition) is 1. The van der Waals surface area contributed by atoms with E-state index in [0.717, 1.165) is 12.1 Å². The van der Waals surface area contributed by atoms with E-state index in [1.54, 1.807) is 25.3 Å². The van der Waals surface area contributed by atoms with Crippen molar-refractivity contribution in [2.24, 2.45) is 11.0 Å². The number of rotatable bonds is 5. The number of carbonyl (C=O) groups excluding carboxylic acids is 1.